The molecule has 0 aliphatic heterocycles. The molecule has 0 aromatic heterocycles. The van der Waals surface area contributed by atoms with Gasteiger partial charge in [-0.3, -0.25) is 0 Å². The highest BCUT2D eigenvalue weighted by Gasteiger charge is 2.18. The van der Waals surface area contributed by atoms with Gasteiger partial charge in [-0.25, -0.2) is 4.79 Å². The molecule has 4 heteroatoms. The summed E-state index contributed by atoms with van der Waals surface area (Å²) >= 11 is 0. The minimum atomic E-state index is -1.33. The molecule has 1 N–H and O–H groups in total. The molecule has 110 valence electrons. The number of carbonyl (C=O) groups excluding carboxylic acids is 1. The Morgan fingerprint density at radius 1 is 0.952 bits per heavy atom. The quantitative estimate of drug-likeness (QED) is 0.678. The van der Waals surface area contributed by atoms with Crippen LogP contribution in [-0.4, -0.2) is 23.8 Å². The van der Waals surface area contributed by atoms with E-state index in [9.17, 15) is 9.90 Å². The van der Waals surface area contributed by atoms with Crippen molar-refractivity contribution in [2.24, 2.45) is 0 Å². The summed E-state index contributed by atoms with van der Waals surface area (Å²) in [6.45, 7) is 3.77. The fourth-order valence-corrected chi connectivity index (χ4v) is 1.67. The topological polar surface area (TPSA) is 55.8 Å². The Morgan fingerprint density at radius 3 is 1.95 bits per heavy atom. The Morgan fingerprint density at radius 2 is 1.43 bits per heavy atom. The van der Waals surface area contributed by atoms with Crippen molar-refractivity contribution >= 4 is 5.97 Å². The lowest BCUT2D eigenvalue weighted by molar-refractivity contribution is -0.145. The molecule has 4 nitrogen and oxygen atoms in total. The molecule has 0 radical (unpaired) electrons. The maximum Gasteiger partial charge on any atom is 0.343 e. The summed E-state index contributed by atoms with van der Waals surface area (Å²) in [5, 5.41) is 9.75. The number of benzene rings is 2. The van der Waals surface area contributed by atoms with E-state index in [0.717, 1.165) is 11.1 Å². The average Bonchev–Trinajstić information content (AvgIpc) is 2.48. The molecule has 0 saturated carbocycles. The zero-order valence-corrected chi connectivity index (χ0v) is 12.1. The highest BCUT2D eigenvalue weighted by atomic mass is 16.6. The van der Waals surface area contributed by atoms with Crippen LogP contribution in [0.1, 0.15) is 11.1 Å². The molecule has 0 aliphatic carbocycles. The number of esters is 1. The molecular formula is C17H18O4. The number of aliphatic hydroxyl groups is 1. The van der Waals surface area contributed by atoms with Crippen LogP contribution in [-0.2, 0) is 4.79 Å². The normalized spacial score (nSPS) is 11.8. The van der Waals surface area contributed by atoms with E-state index in [4.69, 9.17) is 9.47 Å². The van der Waals surface area contributed by atoms with Gasteiger partial charge in [0.2, 0.25) is 0 Å². The largest absolute Gasteiger partial charge is 0.490 e. The van der Waals surface area contributed by atoms with Crippen LogP contribution in [0.25, 0.3) is 0 Å². The Kier molecular flexibility index (Phi) is 4.95. The van der Waals surface area contributed by atoms with Crippen molar-refractivity contribution in [3.8, 4) is 11.5 Å². The van der Waals surface area contributed by atoms with E-state index in [-0.39, 0.29) is 6.61 Å². The van der Waals surface area contributed by atoms with Crippen molar-refractivity contribution in [3.05, 3.63) is 59.7 Å². The Labute approximate surface area is 123 Å². The minimum Gasteiger partial charge on any atom is -0.490 e. The van der Waals surface area contributed by atoms with Crippen molar-refractivity contribution < 1.29 is 19.4 Å². The van der Waals surface area contributed by atoms with Gasteiger partial charge in [0.05, 0.1) is 0 Å². The summed E-state index contributed by atoms with van der Waals surface area (Å²) in [6.07, 6.45) is -1.33. The molecule has 1 unspecified atom stereocenters. The Bertz CT molecular complexity index is 587. The zero-order chi connectivity index (χ0) is 15.2. The van der Waals surface area contributed by atoms with Crippen LogP contribution < -0.4 is 9.47 Å². The first-order valence-electron chi connectivity index (χ1n) is 6.70. The van der Waals surface area contributed by atoms with Crippen molar-refractivity contribution in [3.63, 3.8) is 0 Å². The number of ether oxygens (including phenoxy) is 2. The van der Waals surface area contributed by atoms with Crippen LogP contribution in [0.3, 0.4) is 0 Å². The lowest BCUT2D eigenvalue weighted by Gasteiger charge is -2.12. The van der Waals surface area contributed by atoms with Crippen LogP contribution in [0.15, 0.2) is 48.5 Å². The van der Waals surface area contributed by atoms with Crippen LogP contribution in [0.5, 0.6) is 11.5 Å². The molecule has 0 heterocycles. The third-order valence-electron chi connectivity index (χ3n) is 2.94. The van der Waals surface area contributed by atoms with Gasteiger partial charge in [0.15, 0.2) is 6.10 Å². The van der Waals surface area contributed by atoms with Gasteiger partial charge in [-0.1, -0.05) is 35.4 Å². The maximum atomic E-state index is 11.7. The molecule has 21 heavy (non-hydrogen) atoms. The molecule has 0 amide bonds. The SMILES string of the molecule is Cc1ccc(OCC(O)C(=O)Oc2ccc(C)cc2)cc1. The smallest absolute Gasteiger partial charge is 0.343 e. The van der Waals surface area contributed by atoms with Gasteiger partial charge in [-0.2, -0.15) is 0 Å². The predicted molar refractivity (Wildman–Crippen MR) is 79.5 cm³/mol. The molecule has 2 aromatic carbocycles. The van der Waals surface area contributed by atoms with Gasteiger partial charge >= 0.3 is 5.97 Å². The fourth-order valence-electron chi connectivity index (χ4n) is 1.67. The van der Waals surface area contributed by atoms with Crippen LogP contribution >= 0.6 is 0 Å². The first-order chi connectivity index (χ1) is 10.0. The fraction of sp³-hybridized carbons (Fsp3) is 0.235. The van der Waals surface area contributed by atoms with Crippen molar-refractivity contribution in [2.75, 3.05) is 6.61 Å². The molecule has 1 atom stereocenters. The standard InChI is InChI=1S/C17H18O4/c1-12-3-7-14(8-4-12)20-11-16(18)17(19)21-15-9-5-13(2)6-10-15/h3-10,16,18H,11H2,1-2H3. The summed E-state index contributed by atoms with van der Waals surface area (Å²) in [5.41, 5.74) is 2.18. The monoisotopic (exact) mass is 286 g/mol. The van der Waals surface area contributed by atoms with Gasteiger partial charge in [0.25, 0.3) is 0 Å². The molecule has 0 saturated heterocycles. The van der Waals surface area contributed by atoms with Crippen molar-refractivity contribution in [1.82, 2.24) is 0 Å². The van der Waals surface area contributed by atoms with Crippen LogP contribution in [0, 0.1) is 13.8 Å². The van der Waals surface area contributed by atoms with E-state index in [1.54, 1.807) is 24.3 Å². The number of aryl methyl sites for hydroxylation is 2. The molecule has 0 aliphatic rings. The molecular weight excluding hydrogens is 268 g/mol. The first kappa shape index (κ1) is 15.1. The summed E-state index contributed by atoms with van der Waals surface area (Å²) in [4.78, 5) is 11.7. The van der Waals surface area contributed by atoms with Gasteiger partial charge in [-0.15, -0.1) is 0 Å². The lowest BCUT2D eigenvalue weighted by Crippen LogP contribution is -2.31. The minimum absolute atomic E-state index is 0.145. The van der Waals surface area contributed by atoms with Gasteiger partial charge in [0, 0.05) is 0 Å². The highest BCUT2D eigenvalue weighted by Crippen LogP contribution is 2.14. The second-order valence-corrected chi connectivity index (χ2v) is 4.87. The van der Waals surface area contributed by atoms with E-state index in [1.165, 1.54) is 0 Å². The summed E-state index contributed by atoms with van der Waals surface area (Å²) in [5.74, 6) is 0.272. The summed E-state index contributed by atoms with van der Waals surface area (Å²) < 4.78 is 10.4. The zero-order valence-electron chi connectivity index (χ0n) is 12.1. The predicted octanol–water partition coefficient (Wildman–Crippen LogP) is 2.65. The van der Waals surface area contributed by atoms with Gasteiger partial charge < -0.3 is 14.6 Å². The number of carbonyl (C=O) groups is 1. The first-order valence-corrected chi connectivity index (χ1v) is 6.70. The van der Waals surface area contributed by atoms with Crippen LogP contribution in [0.2, 0.25) is 0 Å². The lowest BCUT2D eigenvalue weighted by atomic mass is 10.2. The van der Waals surface area contributed by atoms with E-state index >= 15 is 0 Å². The molecule has 0 spiro atoms. The second-order valence-electron chi connectivity index (χ2n) is 4.87. The van der Waals surface area contributed by atoms with E-state index in [2.05, 4.69) is 0 Å². The second kappa shape index (κ2) is 6.90. The molecule has 2 rings (SSSR count). The number of rotatable bonds is 5. The molecule has 0 fully saturated rings. The van der Waals surface area contributed by atoms with E-state index in [0.29, 0.717) is 11.5 Å². The summed E-state index contributed by atoms with van der Waals surface area (Å²) in [6, 6.07) is 14.4. The van der Waals surface area contributed by atoms with Crippen molar-refractivity contribution in [2.45, 2.75) is 20.0 Å². The van der Waals surface area contributed by atoms with Gasteiger partial charge in [-0.05, 0) is 38.1 Å². The number of hydrogen-bond acceptors (Lipinski definition) is 4. The number of aliphatic hydroxyl groups excluding tert-OH is 1. The Hall–Kier alpha value is -2.33. The molecule has 2 aromatic rings. The van der Waals surface area contributed by atoms with E-state index in [1.807, 2.05) is 38.1 Å². The van der Waals surface area contributed by atoms with Crippen LogP contribution in [0.4, 0.5) is 0 Å². The number of hydrogen-bond donors (Lipinski definition) is 1. The Balaban J connectivity index is 1.84. The average molecular weight is 286 g/mol. The third kappa shape index (κ3) is 4.61. The van der Waals surface area contributed by atoms with E-state index < -0.39 is 12.1 Å². The van der Waals surface area contributed by atoms with Crippen molar-refractivity contribution in [1.29, 1.82) is 0 Å². The maximum absolute atomic E-state index is 11.7. The molecule has 0 bridgehead atoms. The summed E-state index contributed by atoms with van der Waals surface area (Å²) in [7, 11) is 0. The van der Waals surface area contributed by atoms with Gasteiger partial charge in [0.1, 0.15) is 18.1 Å². The highest BCUT2D eigenvalue weighted by molar-refractivity contribution is 5.77. The third-order valence-corrected chi connectivity index (χ3v) is 2.94.